The van der Waals surface area contributed by atoms with E-state index in [2.05, 4.69) is 126 Å². The first-order valence-corrected chi connectivity index (χ1v) is 16.4. The Morgan fingerprint density at radius 2 is 0.718 bits per heavy atom. The van der Waals surface area contributed by atoms with Crippen LogP contribution in [0.4, 0.5) is 0 Å². The summed E-state index contributed by atoms with van der Waals surface area (Å²) in [6, 6.07) is 52.8. The molecule has 5 aromatic rings. The van der Waals surface area contributed by atoms with Crippen molar-refractivity contribution in [3.63, 3.8) is 0 Å². The third kappa shape index (κ3) is 7.30. The fourth-order valence-electron chi connectivity index (χ4n) is 4.77. The number of benzene rings is 5. The molecule has 1 amide bonds. The van der Waals surface area contributed by atoms with E-state index in [0.29, 0.717) is 0 Å². The topological polar surface area (TPSA) is 20.3 Å². The maximum atomic E-state index is 13.9. The van der Waals surface area contributed by atoms with E-state index in [1.165, 1.54) is 21.2 Å². The third-order valence-corrected chi connectivity index (χ3v) is 11.7. The second-order valence-corrected chi connectivity index (χ2v) is 14.0. The van der Waals surface area contributed by atoms with Gasteiger partial charge < -0.3 is 4.90 Å². The van der Waals surface area contributed by atoms with Gasteiger partial charge in [-0.05, 0) is 61.5 Å². The fraction of sp³-hybridized carbons (Fsp3) is 0.114. The summed E-state index contributed by atoms with van der Waals surface area (Å²) < 4.78 is 0. The van der Waals surface area contributed by atoms with Crippen molar-refractivity contribution in [3.8, 4) is 0 Å². The standard InChI is InChI=1S/C35H33NOP2/c37-35(30-16-6-1-7-17-30)36(26-28-38(31-18-8-2-9-19-31)32-20-10-3-11-21-32)27-29-39(33-22-12-4-13-23-33)34-24-14-5-15-25-34/h1-25H,26-29H2. The van der Waals surface area contributed by atoms with Crippen molar-refractivity contribution < 1.29 is 4.79 Å². The highest BCUT2D eigenvalue weighted by molar-refractivity contribution is 7.73. The van der Waals surface area contributed by atoms with Gasteiger partial charge in [-0.2, -0.15) is 0 Å². The summed E-state index contributed by atoms with van der Waals surface area (Å²) in [5, 5.41) is 5.39. The average molecular weight is 546 g/mol. The minimum Gasteiger partial charge on any atom is -0.338 e. The number of carbonyl (C=O) groups is 1. The van der Waals surface area contributed by atoms with Gasteiger partial charge in [-0.3, -0.25) is 4.79 Å². The minimum atomic E-state index is -0.579. The molecule has 0 aliphatic rings. The lowest BCUT2D eigenvalue weighted by Gasteiger charge is -2.28. The molecule has 0 fully saturated rings. The lowest BCUT2D eigenvalue weighted by atomic mass is 10.2. The van der Waals surface area contributed by atoms with Crippen LogP contribution >= 0.6 is 15.8 Å². The van der Waals surface area contributed by atoms with Crippen LogP contribution in [-0.2, 0) is 0 Å². The summed E-state index contributed by atoms with van der Waals surface area (Å²) in [7, 11) is -1.16. The normalized spacial score (nSPS) is 11.0. The molecule has 0 saturated carbocycles. The van der Waals surface area contributed by atoms with E-state index in [1.807, 2.05) is 30.3 Å². The van der Waals surface area contributed by atoms with Crippen molar-refractivity contribution in [1.82, 2.24) is 4.90 Å². The number of carbonyl (C=O) groups excluding carboxylic acids is 1. The first kappa shape index (κ1) is 27.0. The molecule has 4 heteroatoms. The van der Waals surface area contributed by atoms with E-state index in [1.54, 1.807) is 0 Å². The van der Waals surface area contributed by atoms with E-state index in [9.17, 15) is 4.79 Å². The average Bonchev–Trinajstić information content (AvgIpc) is 3.02. The van der Waals surface area contributed by atoms with E-state index in [-0.39, 0.29) is 5.91 Å². The SMILES string of the molecule is O=C(c1ccccc1)N(CCP(c1ccccc1)c1ccccc1)CCP(c1ccccc1)c1ccccc1. The summed E-state index contributed by atoms with van der Waals surface area (Å²) in [6.45, 7) is 1.44. The summed E-state index contributed by atoms with van der Waals surface area (Å²) in [5.41, 5.74) is 0.755. The first-order valence-electron chi connectivity index (χ1n) is 13.4. The minimum absolute atomic E-state index is 0.114. The van der Waals surface area contributed by atoms with Crippen LogP contribution in [0.25, 0.3) is 0 Å². The van der Waals surface area contributed by atoms with Crippen molar-refractivity contribution in [2.45, 2.75) is 0 Å². The molecule has 0 saturated heterocycles. The molecule has 0 heterocycles. The van der Waals surface area contributed by atoms with Gasteiger partial charge in [0, 0.05) is 18.7 Å². The Balaban J connectivity index is 1.41. The van der Waals surface area contributed by atoms with Gasteiger partial charge in [0.25, 0.3) is 5.91 Å². The van der Waals surface area contributed by atoms with Crippen molar-refractivity contribution in [1.29, 1.82) is 0 Å². The number of rotatable bonds is 11. The second-order valence-electron chi connectivity index (χ2n) is 9.30. The van der Waals surface area contributed by atoms with E-state index in [4.69, 9.17) is 0 Å². The number of nitrogens with zero attached hydrogens (tertiary/aromatic N) is 1. The molecule has 194 valence electrons. The Labute approximate surface area is 234 Å². The van der Waals surface area contributed by atoms with Crippen LogP contribution in [0, 0.1) is 0 Å². The lowest BCUT2D eigenvalue weighted by Crippen LogP contribution is -2.37. The summed E-state index contributed by atoms with van der Waals surface area (Å²) in [4.78, 5) is 16.0. The Morgan fingerprint density at radius 3 is 1.03 bits per heavy atom. The smallest absolute Gasteiger partial charge is 0.253 e. The van der Waals surface area contributed by atoms with Gasteiger partial charge in [0.2, 0.25) is 0 Å². The molecule has 0 aromatic heterocycles. The zero-order chi connectivity index (χ0) is 26.7. The molecule has 0 atom stereocenters. The van der Waals surface area contributed by atoms with E-state index < -0.39 is 15.8 Å². The molecule has 5 rings (SSSR count). The van der Waals surface area contributed by atoms with Crippen LogP contribution in [0.15, 0.2) is 152 Å². The molecule has 0 aliphatic heterocycles. The Morgan fingerprint density at radius 1 is 0.436 bits per heavy atom. The third-order valence-electron chi connectivity index (χ3n) is 6.77. The summed E-state index contributed by atoms with van der Waals surface area (Å²) in [6.07, 6.45) is 1.85. The zero-order valence-electron chi connectivity index (χ0n) is 22.0. The van der Waals surface area contributed by atoms with Gasteiger partial charge in [0.15, 0.2) is 0 Å². The molecule has 2 nitrogen and oxygen atoms in total. The van der Waals surface area contributed by atoms with Crippen LogP contribution in [-0.4, -0.2) is 36.2 Å². The van der Waals surface area contributed by atoms with Gasteiger partial charge in [-0.1, -0.05) is 140 Å². The fourth-order valence-corrected chi connectivity index (χ4v) is 9.41. The maximum absolute atomic E-state index is 13.9. The quantitative estimate of drug-likeness (QED) is 0.176. The highest BCUT2D eigenvalue weighted by Gasteiger charge is 2.22. The van der Waals surface area contributed by atoms with E-state index in [0.717, 1.165) is 31.0 Å². The predicted octanol–water partition coefficient (Wildman–Crippen LogP) is 6.39. The predicted molar refractivity (Wildman–Crippen MR) is 170 cm³/mol. The number of hydrogen-bond acceptors (Lipinski definition) is 1. The number of hydrogen-bond donors (Lipinski definition) is 0. The first-order chi connectivity index (χ1) is 19.3. The summed E-state index contributed by atoms with van der Waals surface area (Å²) in [5.74, 6) is 0.114. The van der Waals surface area contributed by atoms with Crippen LogP contribution in [0.5, 0.6) is 0 Å². The molecule has 5 aromatic carbocycles. The van der Waals surface area contributed by atoms with Crippen LogP contribution in [0.3, 0.4) is 0 Å². The molecule has 0 unspecified atom stereocenters. The largest absolute Gasteiger partial charge is 0.338 e. The number of amides is 1. The molecule has 0 spiro atoms. The van der Waals surface area contributed by atoms with Crippen LogP contribution in [0.1, 0.15) is 10.4 Å². The van der Waals surface area contributed by atoms with Gasteiger partial charge in [-0.15, -0.1) is 0 Å². The summed E-state index contributed by atoms with van der Waals surface area (Å²) >= 11 is 0. The highest BCUT2D eigenvalue weighted by atomic mass is 31.1. The van der Waals surface area contributed by atoms with E-state index >= 15 is 0 Å². The van der Waals surface area contributed by atoms with Gasteiger partial charge in [0.1, 0.15) is 0 Å². The molecule has 0 N–H and O–H groups in total. The Hall–Kier alpha value is -3.57. The molecule has 0 radical (unpaired) electrons. The molecule has 0 bridgehead atoms. The van der Waals surface area contributed by atoms with Crippen LogP contribution in [0.2, 0.25) is 0 Å². The lowest BCUT2D eigenvalue weighted by molar-refractivity contribution is 0.0775. The van der Waals surface area contributed by atoms with Gasteiger partial charge >= 0.3 is 0 Å². The molecule has 39 heavy (non-hydrogen) atoms. The molecule has 0 aliphatic carbocycles. The highest BCUT2D eigenvalue weighted by Crippen LogP contribution is 2.35. The zero-order valence-corrected chi connectivity index (χ0v) is 23.8. The Bertz CT molecular complexity index is 1250. The molecular weight excluding hydrogens is 512 g/mol. The van der Waals surface area contributed by atoms with Crippen molar-refractivity contribution in [2.75, 3.05) is 25.4 Å². The van der Waals surface area contributed by atoms with Gasteiger partial charge in [-0.25, -0.2) is 0 Å². The maximum Gasteiger partial charge on any atom is 0.253 e. The monoisotopic (exact) mass is 545 g/mol. The second kappa shape index (κ2) is 14.0. The van der Waals surface area contributed by atoms with Crippen molar-refractivity contribution in [2.24, 2.45) is 0 Å². The van der Waals surface area contributed by atoms with Crippen molar-refractivity contribution in [3.05, 3.63) is 157 Å². The van der Waals surface area contributed by atoms with Gasteiger partial charge in [0.05, 0.1) is 0 Å². The van der Waals surface area contributed by atoms with Crippen LogP contribution < -0.4 is 21.2 Å². The Kier molecular flexibility index (Phi) is 9.70. The molecular formula is C35H33NOP2. The van der Waals surface area contributed by atoms with Crippen molar-refractivity contribution >= 4 is 43.0 Å².